The Morgan fingerprint density at radius 2 is 1.69 bits per heavy atom. The largest absolute Gasteiger partial charge is 0.374 e. The second-order valence-corrected chi connectivity index (χ2v) is 13.7. The van der Waals surface area contributed by atoms with E-state index in [1.165, 1.54) is 29.1 Å². The van der Waals surface area contributed by atoms with Crippen LogP contribution in [0.2, 0.25) is 0 Å². The summed E-state index contributed by atoms with van der Waals surface area (Å²) in [5.41, 5.74) is 8.51. The molecule has 3 aliphatic heterocycles. The van der Waals surface area contributed by atoms with Crippen molar-refractivity contribution in [3.63, 3.8) is 0 Å². The van der Waals surface area contributed by atoms with Crippen molar-refractivity contribution in [1.82, 2.24) is 25.0 Å². The van der Waals surface area contributed by atoms with Gasteiger partial charge in [-0.1, -0.05) is 6.07 Å². The maximum Gasteiger partial charge on any atom is 0.274 e. The molecule has 4 amide bonds. The van der Waals surface area contributed by atoms with E-state index in [-0.39, 0.29) is 46.8 Å². The van der Waals surface area contributed by atoms with Crippen LogP contribution in [0.1, 0.15) is 52.4 Å². The first-order valence-electron chi connectivity index (χ1n) is 17.9. The highest BCUT2D eigenvalue weighted by Gasteiger charge is 2.28. The lowest BCUT2D eigenvalue weighted by atomic mass is 9.95. The first-order chi connectivity index (χ1) is 26.1. The molecular formula is C38H40FN11O4. The van der Waals surface area contributed by atoms with Crippen LogP contribution in [0.3, 0.4) is 0 Å². The number of nitriles is 1. The van der Waals surface area contributed by atoms with E-state index in [1.54, 1.807) is 18.2 Å². The Hall–Kier alpha value is -6.34. The SMILES string of the molecule is N#Cc1cccc(C(=O)Nc2cn(-c3ccc(N4CCN(CC5CCN(c6ccc(NC7CCC(=O)NC7=O)cc6F)CC5)CC4)cc3)nc2C(N)=O)n1. The fourth-order valence-corrected chi connectivity index (χ4v) is 7.20. The number of halogens is 1. The molecule has 1 atom stereocenters. The van der Waals surface area contributed by atoms with Gasteiger partial charge in [-0.3, -0.25) is 29.4 Å². The van der Waals surface area contributed by atoms with E-state index in [0.29, 0.717) is 29.4 Å². The highest BCUT2D eigenvalue weighted by Crippen LogP contribution is 2.29. The van der Waals surface area contributed by atoms with Crippen molar-refractivity contribution in [3.05, 3.63) is 89.8 Å². The summed E-state index contributed by atoms with van der Waals surface area (Å²) in [6, 6.07) is 18.6. The number of rotatable bonds is 10. The molecule has 0 radical (unpaired) electrons. The van der Waals surface area contributed by atoms with Gasteiger partial charge in [-0.15, -0.1) is 0 Å². The standard InChI is InChI=1S/C38H40FN11O4/c39-29-20-25(42-31-9-11-34(51)45-38(31)54)4-10-33(29)49-14-12-24(13-15-49)22-47-16-18-48(19-17-47)27-5-7-28(8-6-27)50-23-32(35(46-50)36(41)52)44-37(53)30-3-1-2-26(21-40)43-30/h1-8,10,20,23-24,31,42H,9,11-19,22H2,(H2,41,52)(H,44,53)(H,45,51,54). The normalized spacial score (nSPS) is 18.2. The first-order valence-corrected chi connectivity index (χ1v) is 17.9. The molecule has 4 aromatic rings. The van der Waals surface area contributed by atoms with Crippen molar-refractivity contribution in [2.24, 2.45) is 11.7 Å². The lowest BCUT2D eigenvalue weighted by Crippen LogP contribution is -2.49. The number of nitrogens with two attached hydrogens (primary N) is 1. The number of anilines is 4. The molecule has 5 heterocycles. The number of pyridine rings is 1. The summed E-state index contributed by atoms with van der Waals surface area (Å²) in [7, 11) is 0. The zero-order valence-electron chi connectivity index (χ0n) is 29.5. The van der Waals surface area contributed by atoms with E-state index >= 15 is 4.39 Å². The zero-order chi connectivity index (χ0) is 37.8. The van der Waals surface area contributed by atoms with Gasteiger partial charge in [0.25, 0.3) is 11.8 Å². The number of piperidine rings is 2. The Bertz CT molecular complexity index is 2100. The highest BCUT2D eigenvalue weighted by atomic mass is 19.1. The van der Waals surface area contributed by atoms with Crippen LogP contribution in [0.4, 0.5) is 27.1 Å². The molecule has 15 nitrogen and oxygen atoms in total. The fraction of sp³-hybridized carbons (Fsp3) is 0.342. The van der Waals surface area contributed by atoms with E-state index in [1.807, 2.05) is 30.3 Å². The summed E-state index contributed by atoms with van der Waals surface area (Å²) in [5.74, 6) is -1.88. The van der Waals surface area contributed by atoms with Crippen molar-refractivity contribution < 1.29 is 23.6 Å². The number of aromatic nitrogens is 3. The van der Waals surface area contributed by atoms with Gasteiger partial charge in [-0.05, 0) is 79.8 Å². The second-order valence-electron chi connectivity index (χ2n) is 13.7. The predicted molar refractivity (Wildman–Crippen MR) is 199 cm³/mol. The second kappa shape index (κ2) is 15.7. The van der Waals surface area contributed by atoms with Crippen molar-refractivity contribution in [3.8, 4) is 11.8 Å². The molecule has 278 valence electrons. The van der Waals surface area contributed by atoms with Crippen LogP contribution in [0.25, 0.3) is 5.69 Å². The van der Waals surface area contributed by atoms with Gasteiger partial charge < -0.3 is 26.2 Å². The molecule has 54 heavy (non-hydrogen) atoms. The quantitative estimate of drug-likeness (QED) is 0.175. The Morgan fingerprint density at radius 1 is 0.944 bits per heavy atom. The van der Waals surface area contributed by atoms with Gasteiger partial charge in [0.2, 0.25) is 11.8 Å². The van der Waals surface area contributed by atoms with E-state index in [4.69, 9.17) is 11.0 Å². The molecule has 0 aliphatic carbocycles. The van der Waals surface area contributed by atoms with Crippen LogP contribution in [-0.2, 0) is 9.59 Å². The zero-order valence-corrected chi connectivity index (χ0v) is 29.5. The van der Waals surface area contributed by atoms with Crippen LogP contribution in [0.15, 0.2) is 66.9 Å². The third kappa shape index (κ3) is 8.16. The highest BCUT2D eigenvalue weighted by molar-refractivity contribution is 6.07. The number of amides is 4. The maximum atomic E-state index is 15.2. The lowest BCUT2D eigenvalue weighted by molar-refractivity contribution is -0.133. The molecule has 0 spiro atoms. The van der Waals surface area contributed by atoms with E-state index in [9.17, 15) is 19.2 Å². The average Bonchev–Trinajstić information content (AvgIpc) is 3.61. The van der Waals surface area contributed by atoms with Gasteiger partial charge in [0.1, 0.15) is 29.3 Å². The Balaban J connectivity index is 0.881. The third-order valence-corrected chi connectivity index (χ3v) is 10.1. The Morgan fingerprint density at radius 3 is 2.37 bits per heavy atom. The summed E-state index contributed by atoms with van der Waals surface area (Å²) in [4.78, 5) is 59.4. The maximum absolute atomic E-state index is 15.2. The third-order valence-electron chi connectivity index (χ3n) is 10.1. The monoisotopic (exact) mass is 733 g/mol. The smallest absolute Gasteiger partial charge is 0.274 e. The summed E-state index contributed by atoms with van der Waals surface area (Å²) in [6.07, 6.45) is 4.09. The van der Waals surface area contributed by atoms with E-state index in [2.05, 4.69) is 40.7 Å². The minimum absolute atomic E-state index is 0.0195. The molecule has 1 unspecified atom stereocenters. The minimum Gasteiger partial charge on any atom is -0.374 e. The van der Waals surface area contributed by atoms with Crippen LogP contribution < -0.4 is 31.5 Å². The van der Waals surface area contributed by atoms with Crippen molar-refractivity contribution in [2.45, 2.75) is 31.7 Å². The molecule has 7 rings (SSSR count). The fourth-order valence-electron chi connectivity index (χ4n) is 7.20. The van der Waals surface area contributed by atoms with Crippen LogP contribution in [0.5, 0.6) is 0 Å². The molecular weight excluding hydrogens is 693 g/mol. The van der Waals surface area contributed by atoms with Crippen LogP contribution >= 0.6 is 0 Å². The van der Waals surface area contributed by atoms with Gasteiger partial charge in [0, 0.05) is 63.6 Å². The molecule has 0 bridgehead atoms. The number of piperazine rings is 1. The number of carbonyl (C=O) groups is 4. The lowest BCUT2D eigenvalue weighted by Gasteiger charge is -2.40. The van der Waals surface area contributed by atoms with Crippen LogP contribution in [0, 0.1) is 23.1 Å². The molecule has 5 N–H and O–H groups in total. The molecule has 2 aromatic heterocycles. The molecule has 3 fully saturated rings. The number of primary amides is 1. The van der Waals surface area contributed by atoms with E-state index < -0.39 is 17.9 Å². The molecule has 3 saturated heterocycles. The van der Waals surface area contributed by atoms with Gasteiger partial charge >= 0.3 is 0 Å². The molecule has 2 aromatic carbocycles. The Kier molecular flexibility index (Phi) is 10.5. The van der Waals surface area contributed by atoms with E-state index in [0.717, 1.165) is 64.3 Å². The van der Waals surface area contributed by atoms with Gasteiger partial charge in [-0.25, -0.2) is 14.1 Å². The van der Waals surface area contributed by atoms with Crippen molar-refractivity contribution >= 4 is 46.4 Å². The summed E-state index contributed by atoms with van der Waals surface area (Å²) >= 11 is 0. The van der Waals surface area contributed by atoms with Gasteiger partial charge in [-0.2, -0.15) is 10.4 Å². The molecule has 3 aliphatic rings. The topological polar surface area (TPSA) is 195 Å². The summed E-state index contributed by atoms with van der Waals surface area (Å²) in [5, 5.41) is 21.4. The average molecular weight is 734 g/mol. The van der Waals surface area contributed by atoms with Gasteiger partial charge in [0.05, 0.1) is 23.3 Å². The number of imide groups is 1. The van der Waals surface area contributed by atoms with Crippen LogP contribution in [-0.4, -0.2) is 95.1 Å². The Labute approximate surface area is 310 Å². The number of hydrogen-bond acceptors (Lipinski definition) is 11. The number of nitrogens with one attached hydrogen (secondary N) is 3. The summed E-state index contributed by atoms with van der Waals surface area (Å²) < 4.78 is 16.6. The van der Waals surface area contributed by atoms with Crippen molar-refractivity contribution in [2.75, 3.05) is 66.2 Å². The number of nitrogens with zero attached hydrogens (tertiary/aromatic N) is 7. The summed E-state index contributed by atoms with van der Waals surface area (Å²) in [6.45, 7) is 6.13. The molecule has 16 heteroatoms. The van der Waals surface area contributed by atoms with Crippen molar-refractivity contribution in [1.29, 1.82) is 5.26 Å². The first kappa shape index (κ1) is 36.0. The van der Waals surface area contributed by atoms with Gasteiger partial charge in [0.15, 0.2) is 5.69 Å². The number of benzene rings is 2. The number of hydrogen-bond donors (Lipinski definition) is 4. The number of carbonyl (C=O) groups excluding carboxylic acids is 4. The molecule has 0 saturated carbocycles. The minimum atomic E-state index is -0.801. The predicted octanol–water partition coefficient (Wildman–Crippen LogP) is 2.88.